The summed E-state index contributed by atoms with van der Waals surface area (Å²) in [5, 5.41) is 0. The van der Waals surface area contributed by atoms with E-state index in [1.807, 2.05) is 13.0 Å². The molecular weight excluding hydrogens is 371 g/mol. The molecule has 1 atom stereocenters. The molecular formula is C20H30F3N3O2. The first-order chi connectivity index (χ1) is 13.1. The van der Waals surface area contributed by atoms with Crippen LogP contribution in [0.2, 0.25) is 0 Å². The van der Waals surface area contributed by atoms with Crippen molar-refractivity contribution in [3.8, 4) is 0 Å². The van der Waals surface area contributed by atoms with Crippen LogP contribution >= 0.6 is 0 Å². The van der Waals surface area contributed by atoms with Gasteiger partial charge in [0.25, 0.3) is 0 Å². The number of halogens is 3. The predicted molar refractivity (Wildman–Crippen MR) is 106 cm³/mol. The summed E-state index contributed by atoms with van der Waals surface area (Å²) < 4.78 is 46.0. The number of ether oxygens (including phenoxy) is 2. The number of rotatable bonds is 9. The topological polar surface area (TPSA) is 69.2 Å². The molecule has 0 aromatic rings. The molecule has 0 bridgehead atoms. The minimum atomic E-state index is -4.61. The van der Waals surface area contributed by atoms with E-state index in [9.17, 15) is 13.2 Å². The zero-order valence-corrected chi connectivity index (χ0v) is 16.9. The molecule has 1 aliphatic carbocycles. The number of alkyl halides is 3. The molecule has 0 aromatic heterocycles. The van der Waals surface area contributed by atoms with Gasteiger partial charge >= 0.3 is 6.36 Å². The number of nitrogens with zero attached hydrogens (tertiary/aromatic N) is 2. The summed E-state index contributed by atoms with van der Waals surface area (Å²) in [5.74, 6) is 0.586. The van der Waals surface area contributed by atoms with Crippen LogP contribution < -0.4 is 5.73 Å². The van der Waals surface area contributed by atoms with Crippen LogP contribution in [0, 0.1) is 11.8 Å². The van der Waals surface area contributed by atoms with Crippen molar-refractivity contribution in [2.24, 2.45) is 27.6 Å². The Morgan fingerprint density at radius 3 is 2.46 bits per heavy atom. The fourth-order valence-corrected chi connectivity index (χ4v) is 2.82. The fraction of sp³-hybridized carbons (Fsp3) is 0.600. The van der Waals surface area contributed by atoms with Crippen LogP contribution in [0.1, 0.15) is 40.0 Å². The van der Waals surface area contributed by atoms with Crippen LogP contribution in [0.4, 0.5) is 13.2 Å². The van der Waals surface area contributed by atoms with E-state index < -0.39 is 12.5 Å². The Hall–Kier alpha value is -2.09. The zero-order valence-electron chi connectivity index (χ0n) is 16.9. The van der Waals surface area contributed by atoms with E-state index in [1.165, 1.54) is 13.4 Å². The molecule has 158 valence electrons. The highest BCUT2D eigenvalue weighted by atomic mass is 19.4. The van der Waals surface area contributed by atoms with Gasteiger partial charge in [0.15, 0.2) is 5.90 Å². The quantitative estimate of drug-likeness (QED) is 0.344. The predicted octanol–water partition coefficient (Wildman–Crippen LogP) is 4.77. The van der Waals surface area contributed by atoms with Crippen LogP contribution in [0.5, 0.6) is 0 Å². The minimum absolute atomic E-state index is 0.178. The molecule has 0 aromatic carbocycles. The molecule has 0 heterocycles. The van der Waals surface area contributed by atoms with Gasteiger partial charge in [-0.2, -0.15) is 0 Å². The summed E-state index contributed by atoms with van der Waals surface area (Å²) in [4.78, 5) is 8.66. The molecule has 1 fully saturated rings. The first-order valence-corrected chi connectivity index (χ1v) is 9.25. The third-order valence-electron chi connectivity index (χ3n) is 4.92. The number of aliphatic imine (C=N–C) groups is 2. The standard InChI is InChI=1S/C20H30F3N3O2/c1-6-13(3)14(4)18(26-12-24)8-15(7-2)11-25-19(27-5)16-9-17(10-16)28-20(21,22)23/h7-8,12-13,16-17H,2,6,9-11H2,1,3-5H3,(H2,24,26)/b15-8+,18-14+,25-19?. The Morgan fingerprint density at radius 1 is 1.36 bits per heavy atom. The van der Waals surface area contributed by atoms with E-state index in [4.69, 9.17) is 10.5 Å². The van der Waals surface area contributed by atoms with Gasteiger partial charge in [-0.15, -0.1) is 13.2 Å². The first kappa shape index (κ1) is 23.9. The van der Waals surface area contributed by atoms with Gasteiger partial charge in [0, 0.05) is 5.92 Å². The Morgan fingerprint density at radius 2 is 2.00 bits per heavy atom. The van der Waals surface area contributed by atoms with E-state index in [0.717, 1.165) is 23.3 Å². The minimum Gasteiger partial charge on any atom is -0.484 e. The summed E-state index contributed by atoms with van der Waals surface area (Å²) >= 11 is 0. The van der Waals surface area contributed by atoms with E-state index in [2.05, 4.69) is 35.1 Å². The van der Waals surface area contributed by atoms with Gasteiger partial charge in [0.2, 0.25) is 0 Å². The normalized spacial score (nSPS) is 23.2. The highest BCUT2D eigenvalue weighted by Gasteiger charge is 2.42. The lowest BCUT2D eigenvalue weighted by molar-refractivity contribution is -0.352. The van der Waals surface area contributed by atoms with Crippen LogP contribution in [0.25, 0.3) is 0 Å². The maximum atomic E-state index is 12.2. The molecule has 1 aliphatic rings. The lowest BCUT2D eigenvalue weighted by atomic mass is 9.82. The van der Waals surface area contributed by atoms with Gasteiger partial charge in [-0.3, -0.25) is 9.73 Å². The number of hydrogen-bond acceptors (Lipinski definition) is 4. The SMILES string of the molecule is C=C/C(=C\C(N=CN)=C(\C)C(C)CC)CN=C(OC)C1CC(OC(F)(F)F)C1. The van der Waals surface area contributed by atoms with Crippen molar-refractivity contribution in [3.63, 3.8) is 0 Å². The van der Waals surface area contributed by atoms with Gasteiger partial charge in [-0.05, 0) is 49.3 Å². The van der Waals surface area contributed by atoms with Gasteiger partial charge in [0.1, 0.15) is 0 Å². The van der Waals surface area contributed by atoms with Gasteiger partial charge in [-0.25, -0.2) is 4.99 Å². The number of allylic oxidation sites excluding steroid dienone is 2. The molecule has 0 saturated heterocycles. The molecule has 1 saturated carbocycles. The zero-order chi connectivity index (χ0) is 21.3. The highest BCUT2D eigenvalue weighted by Crippen LogP contribution is 2.35. The smallest absolute Gasteiger partial charge is 0.484 e. The van der Waals surface area contributed by atoms with Crippen molar-refractivity contribution in [1.29, 1.82) is 0 Å². The van der Waals surface area contributed by atoms with E-state index >= 15 is 0 Å². The summed E-state index contributed by atoms with van der Waals surface area (Å²) in [6.45, 7) is 10.3. The monoisotopic (exact) mass is 401 g/mol. The third-order valence-corrected chi connectivity index (χ3v) is 4.92. The van der Waals surface area contributed by atoms with Gasteiger partial charge in [-0.1, -0.05) is 26.5 Å². The molecule has 1 rings (SSSR count). The van der Waals surface area contributed by atoms with E-state index in [-0.39, 0.29) is 25.3 Å². The van der Waals surface area contributed by atoms with Gasteiger partial charge < -0.3 is 10.5 Å². The average molecular weight is 401 g/mol. The van der Waals surface area contributed by atoms with Crippen molar-refractivity contribution in [3.05, 3.63) is 35.6 Å². The molecule has 8 heteroatoms. The average Bonchev–Trinajstić information content (AvgIpc) is 2.61. The van der Waals surface area contributed by atoms with E-state index in [0.29, 0.717) is 11.8 Å². The largest absolute Gasteiger partial charge is 0.522 e. The maximum Gasteiger partial charge on any atom is 0.522 e. The fourth-order valence-electron chi connectivity index (χ4n) is 2.82. The summed E-state index contributed by atoms with van der Waals surface area (Å²) in [5.41, 5.74) is 8.13. The molecule has 5 nitrogen and oxygen atoms in total. The Labute approximate surface area is 164 Å². The number of nitrogens with two attached hydrogens (primary N) is 1. The van der Waals surface area contributed by atoms with Crippen molar-refractivity contribution in [2.75, 3.05) is 13.7 Å². The molecule has 0 aliphatic heterocycles. The molecule has 0 radical (unpaired) electrons. The number of methoxy groups -OCH3 is 1. The van der Waals surface area contributed by atoms with Crippen molar-refractivity contribution < 1.29 is 22.6 Å². The lowest BCUT2D eigenvalue weighted by Gasteiger charge is -2.35. The molecule has 1 unspecified atom stereocenters. The summed E-state index contributed by atoms with van der Waals surface area (Å²) in [6, 6.07) is 0. The van der Waals surface area contributed by atoms with Crippen molar-refractivity contribution in [2.45, 2.75) is 52.5 Å². The Bertz CT molecular complexity index is 646. The Kier molecular flexibility index (Phi) is 9.45. The molecule has 28 heavy (non-hydrogen) atoms. The molecule has 2 N–H and O–H groups in total. The lowest BCUT2D eigenvalue weighted by Crippen LogP contribution is -2.40. The second-order valence-corrected chi connectivity index (χ2v) is 6.79. The molecule has 0 amide bonds. The van der Waals surface area contributed by atoms with E-state index in [1.54, 1.807) is 6.08 Å². The second-order valence-electron chi connectivity index (χ2n) is 6.79. The first-order valence-electron chi connectivity index (χ1n) is 9.25. The Balaban J connectivity index is 2.87. The third kappa shape index (κ3) is 7.50. The van der Waals surface area contributed by atoms with Crippen LogP contribution in [0.3, 0.4) is 0 Å². The maximum absolute atomic E-state index is 12.2. The van der Waals surface area contributed by atoms with Crippen LogP contribution in [-0.4, -0.2) is 38.4 Å². The van der Waals surface area contributed by atoms with Crippen LogP contribution in [-0.2, 0) is 9.47 Å². The molecule has 0 spiro atoms. The van der Waals surface area contributed by atoms with Crippen molar-refractivity contribution in [1.82, 2.24) is 0 Å². The number of hydrogen-bond donors (Lipinski definition) is 1. The second kappa shape index (κ2) is 11.0. The summed E-state index contributed by atoms with van der Waals surface area (Å²) in [6.07, 6.45) is 0.765. The van der Waals surface area contributed by atoms with Crippen LogP contribution in [0.15, 0.2) is 45.6 Å². The summed E-state index contributed by atoms with van der Waals surface area (Å²) in [7, 11) is 1.46. The highest BCUT2D eigenvalue weighted by molar-refractivity contribution is 5.80. The van der Waals surface area contributed by atoms with Gasteiger partial charge in [0.05, 0.1) is 31.8 Å². The van der Waals surface area contributed by atoms with Crippen molar-refractivity contribution >= 4 is 12.2 Å².